The zero-order valence-electron chi connectivity index (χ0n) is 12.7. The third kappa shape index (κ3) is 5.61. The van der Waals surface area contributed by atoms with E-state index in [0.29, 0.717) is 12.2 Å². The normalized spacial score (nSPS) is 22.8. The molecular weight excluding hydrogens is 266 g/mol. The Morgan fingerprint density at radius 2 is 1.67 bits per heavy atom. The van der Waals surface area contributed by atoms with Gasteiger partial charge in [-0.2, -0.15) is 0 Å². The van der Waals surface area contributed by atoms with Crippen molar-refractivity contribution in [1.82, 2.24) is 0 Å². The molecule has 0 bridgehead atoms. The Bertz CT molecular complexity index is 414. The number of hydrogen-bond acceptors (Lipinski definition) is 0. The molecule has 0 nitrogen and oxygen atoms in total. The van der Waals surface area contributed by atoms with Crippen molar-refractivity contribution in [3.05, 3.63) is 48.1 Å². The summed E-state index contributed by atoms with van der Waals surface area (Å²) < 4.78 is 24.7. The predicted molar refractivity (Wildman–Crippen MR) is 84.4 cm³/mol. The van der Waals surface area contributed by atoms with E-state index in [1.54, 1.807) is 18.2 Å². The minimum absolute atomic E-state index is 0.143. The molecule has 116 valence electrons. The van der Waals surface area contributed by atoms with Gasteiger partial charge in [0.05, 0.1) is 6.33 Å². The molecule has 1 aliphatic carbocycles. The van der Waals surface area contributed by atoms with Gasteiger partial charge in [-0.1, -0.05) is 37.5 Å². The Balaban J connectivity index is 1.63. The van der Waals surface area contributed by atoms with E-state index in [4.69, 9.17) is 0 Å². The van der Waals surface area contributed by atoms with Crippen LogP contribution in [-0.2, 0) is 0 Å². The summed E-state index contributed by atoms with van der Waals surface area (Å²) in [4.78, 5) is 0. The van der Waals surface area contributed by atoms with Crippen molar-refractivity contribution in [1.29, 1.82) is 0 Å². The van der Waals surface area contributed by atoms with Crippen molar-refractivity contribution in [3.8, 4) is 0 Å². The Hall–Kier alpha value is -1.18. The summed E-state index contributed by atoms with van der Waals surface area (Å²) in [5.74, 6) is 1.34. The third-order valence-corrected chi connectivity index (χ3v) is 4.76. The number of halogens is 2. The topological polar surface area (TPSA) is 0 Å². The lowest BCUT2D eigenvalue weighted by Crippen LogP contribution is -2.13. The van der Waals surface area contributed by atoms with Crippen LogP contribution in [0.15, 0.2) is 36.7 Å². The summed E-state index contributed by atoms with van der Waals surface area (Å²) in [5.41, 5.74) is 1.30. The standard InChI is InChI=1S/C19H26F2/c20-15-5-3-1-2-4-6-16-7-9-17(10-8-16)18-11-13-19(21)14-12-18/h5,11-17H,1-4,6-10H2/t16-,17-. The molecule has 1 fully saturated rings. The molecular formula is C19H26F2. The minimum Gasteiger partial charge on any atom is -0.216 e. The predicted octanol–water partition coefficient (Wildman–Crippen LogP) is 6.53. The van der Waals surface area contributed by atoms with Gasteiger partial charge in [0, 0.05) is 0 Å². The number of hydrogen-bond donors (Lipinski definition) is 0. The van der Waals surface area contributed by atoms with Gasteiger partial charge in [0.1, 0.15) is 5.82 Å². The van der Waals surface area contributed by atoms with Crippen molar-refractivity contribution in [2.45, 2.75) is 63.7 Å². The van der Waals surface area contributed by atoms with E-state index in [1.807, 2.05) is 12.1 Å². The second-order valence-corrected chi connectivity index (χ2v) is 6.27. The molecule has 1 aliphatic rings. The van der Waals surface area contributed by atoms with E-state index in [2.05, 4.69) is 0 Å². The summed E-state index contributed by atoms with van der Waals surface area (Å²) in [7, 11) is 0. The number of unbranched alkanes of at least 4 members (excludes halogenated alkanes) is 3. The molecule has 1 saturated carbocycles. The molecule has 0 amide bonds. The van der Waals surface area contributed by atoms with Crippen LogP contribution in [0.4, 0.5) is 8.78 Å². The van der Waals surface area contributed by atoms with Crippen LogP contribution in [0.25, 0.3) is 0 Å². The molecule has 0 radical (unpaired) electrons. The Labute approximate surface area is 127 Å². The molecule has 0 spiro atoms. The van der Waals surface area contributed by atoms with Gasteiger partial charge in [0.15, 0.2) is 0 Å². The first kappa shape index (κ1) is 16.2. The molecule has 1 aromatic carbocycles. The van der Waals surface area contributed by atoms with E-state index in [9.17, 15) is 8.78 Å². The van der Waals surface area contributed by atoms with E-state index in [-0.39, 0.29) is 5.82 Å². The number of benzene rings is 1. The van der Waals surface area contributed by atoms with E-state index >= 15 is 0 Å². The fourth-order valence-electron chi connectivity index (χ4n) is 3.45. The van der Waals surface area contributed by atoms with Crippen molar-refractivity contribution < 1.29 is 8.78 Å². The fourth-order valence-corrected chi connectivity index (χ4v) is 3.45. The van der Waals surface area contributed by atoms with Crippen molar-refractivity contribution >= 4 is 0 Å². The van der Waals surface area contributed by atoms with Crippen LogP contribution in [0.2, 0.25) is 0 Å². The lowest BCUT2D eigenvalue weighted by Gasteiger charge is -2.28. The molecule has 2 heteroatoms. The van der Waals surface area contributed by atoms with Crippen LogP contribution in [0.5, 0.6) is 0 Å². The highest BCUT2D eigenvalue weighted by Crippen LogP contribution is 2.37. The summed E-state index contributed by atoms with van der Waals surface area (Å²) in [6.45, 7) is 0. The number of rotatable bonds is 7. The highest BCUT2D eigenvalue weighted by Gasteiger charge is 2.21. The molecule has 0 saturated heterocycles. The highest BCUT2D eigenvalue weighted by atomic mass is 19.1. The Kier molecular flexibility index (Phi) is 6.91. The van der Waals surface area contributed by atoms with Crippen LogP contribution in [0, 0.1) is 11.7 Å². The smallest absolute Gasteiger partial charge is 0.123 e. The third-order valence-electron chi connectivity index (χ3n) is 4.76. The SMILES string of the molecule is FC=CCCCCC[C@H]1CC[C@H](c2ccc(F)cc2)CC1. The van der Waals surface area contributed by atoms with Crippen LogP contribution in [0.1, 0.15) is 69.3 Å². The Morgan fingerprint density at radius 1 is 0.952 bits per heavy atom. The Morgan fingerprint density at radius 3 is 2.33 bits per heavy atom. The van der Waals surface area contributed by atoms with Crippen molar-refractivity contribution in [3.63, 3.8) is 0 Å². The van der Waals surface area contributed by atoms with Gasteiger partial charge in [0.25, 0.3) is 0 Å². The average Bonchev–Trinajstić information content (AvgIpc) is 2.52. The summed E-state index contributed by atoms with van der Waals surface area (Å²) in [6.07, 6.45) is 13.1. The van der Waals surface area contributed by atoms with Gasteiger partial charge in [-0.3, -0.25) is 0 Å². The molecule has 0 aliphatic heterocycles. The van der Waals surface area contributed by atoms with Gasteiger partial charge in [-0.05, 0) is 68.1 Å². The first-order chi connectivity index (χ1) is 10.3. The first-order valence-electron chi connectivity index (χ1n) is 8.30. The molecule has 2 rings (SSSR count). The highest BCUT2D eigenvalue weighted by molar-refractivity contribution is 5.20. The average molecular weight is 292 g/mol. The zero-order chi connectivity index (χ0) is 14.9. The van der Waals surface area contributed by atoms with E-state index in [1.165, 1.54) is 50.5 Å². The largest absolute Gasteiger partial charge is 0.216 e. The van der Waals surface area contributed by atoms with Gasteiger partial charge < -0.3 is 0 Å². The van der Waals surface area contributed by atoms with E-state index < -0.39 is 0 Å². The van der Waals surface area contributed by atoms with Crippen LogP contribution >= 0.6 is 0 Å². The van der Waals surface area contributed by atoms with Crippen molar-refractivity contribution in [2.24, 2.45) is 5.92 Å². The number of allylic oxidation sites excluding steroid dienone is 1. The molecule has 0 atom stereocenters. The summed E-state index contributed by atoms with van der Waals surface area (Å²) in [5, 5.41) is 0. The van der Waals surface area contributed by atoms with Gasteiger partial charge in [-0.15, -0.1) is 0 Å². The van der Waals surface area contributed by atoms with Gasteiger partial charge in [-0.25, -0.2) is 8.78 Å². The monoisotopic (exact) mass is 292 g/mol. The fraction of sp³-hybridized carbons (Fsp3) is 0.579. The zero-order valence-corrected chi connectivity index (χ0v) is 12.7. The van der Waals surface area contributed by atoms with Gasteiger partial charge in [0.2, 0.25) is 0 Å². The second-order valence-electron chi connectivity index (χ2n) is 6.27. The molecule has 1 aromatic rings. The lowest BCUT2D eigenvalue weighted by molar-refractivity contribution is 0.302. The molecule has 0 aromatic heterocycles. The van der Waals surface area contributed by atoms with Crippen LogP contribution < -0.4 is 0 Å². The summed E-state index contributed by atoms with van der Waals surface area (Å²) >= 11 is 0. The molecule has 0 N–H and O–H groups in total. The second kappa shape index (κ2) is 8.96. The first-order valence-corrected chi connectivity index (χ1v) is 8.30. The van der Waals surface area contributed by atoms with Crippen LogP contribution in [0.3, 0.4) is 0 Å². The van der Waals surface area contributed by atoms with E-state index in [0.717, 1.165) is 18.8 Å². The molecule has 0 unspecified atom stereocenters. The minimum atomic E-state index is -0.143. The lowest BCUT2D eigenvalue weighted by atomic mass is 9.77. The quantitative estimate of drug-likeness (QED) is 0.501. The maximum absolute atomic E-state index is 12.9. The van der Waals surface area contributed by atoms with Crippen LogP contribution in [-0.4, -0.2) is 0 Å². The maximum Gasteiger partial charge on any atom is 0.123 e. The molecule has 21 heavy (non-hydrogen) atoms. The van der Waals surface area contributed by atoms with Gasteiger partial charge >= 0.3 is 0 Å². The summed E-state index contributed by atoms with van der Waals surface area (Å²) in [6, 6.07) is 7.04. The van der Waals surface area contributed by atoms with Crippen molar-refractivity contribution in [2.75, 3.05) is 0 Å². The maximum atomic E-state index is 12.9. The molecule has 0 heterocycles.